The van der Waals surface area contributed by atoms with Crippen LogP contribution in [0.15, 0.2) is 30.3 Å². The highest BCUT2D eigenvalue weighted by Gasteiger charge is 2.20. The molecule has 0 radical (unpaired) electrons. The first-order valence-corrected chi connectivity index (χ1v) is 6.67. The minimum absolute atomic E-state index is 0.0795. The van der Waals surface area contributed by atoms with Crippen molar-refractivity contribution in [1.29, 1.82) is 0 Å². The maximum Gasteiger partial charge on any atom is 0.166 e. The van der Waals surface area contributed by atoms with Gasteiger partial charge in [0.2, 0.25) is 0 Å². The number of carbonyl (C=O) groups is 1. The molecule has 1 atom stereocenters. The Morgan fingerprint density at radius 2 is 1.78 bits per heavy atom. The number of benzene rings is 1. The Bertz CT molecular complexity index is 383. The highest BCUT2D eigenvalue weighted by molar-refractivity contribution is 5.97. The fourth-order valence-corrected chi connectivity index (χ4v) is 2.39. The molecule has 0 saturated carbocycles. The number of likely N-dealkylation sites (N-methyl/N-ethyl adjacent to an activating group) is 1. The maximum absolute atomic E-state index is 12.2. The second-order valence-electron chi connectivity index (χ2n) is 5.24. The van der Waals surface area contributed by atoms with E-state index < -0.39 is 0 Å². The van der Waals surface area contributed by atoms with Crippen molar-refractivity contribution in [2.75, 3.05) is 39.8 Å². The lowest BCUT2D eigenvalue weighted by molar-refractivity contribution is 0.0854. The molecule has 1 unspecified atom stereocenters. The molecule has 1 saturated heterocycles. The lowest BCUT2D eigenvalue weighted by Gasteiger charge is -2.33. The SMILES string of the molecule is CC(CN1CCN(C)CC1)C(=O)c1ccccc1. The van der Waals surface area contributed by atoms with Crippen LogP contribution in [0.3, 0.4) is 0 Å². The lowest BCUT2D eigenvalue weighted by Crippen LogP contribution is -2.46. The Morgan fingerprint density at radius 3 is 2.39 bits per heavy atom. The highest BCUT2D eigenvalue weighted by Crippen LogP contribution is 2.11. The van der Waals surface area contributed by atoms with Crippen molar-refractivity contribution in [2.45, 2.75) is 6.92 Å². The number of nitrogens with zero attached hydrogens (tertiary/aromatic N) is 2. The van der Waals surface area contributed by atoms with Crippen LogP contribution < -0.4 is 0 Å². The van der Waals surface area contributed by atoms with Crippen LogP contribution in [0, 0.1) is 5.92 Å². The van der Waals surface area contributed by atoms with Crippen molar-refractivity contribution < 1.29 is 4.79 Å². The van der Waals surface area contributed by atoms with Gasteiger partial charge < -0.3 is 9.80 Å². The van der Waals surface area contributed by atoms with Crippen LogP contribution in [0.5, 0.6) is 0 Å². The molecule has 1 aliphatic heterocycles. The standard InChI is InChI=1S/C15H22N2O/c1-13(12-17-10-8-16(2)9-11-17)15(18)14-6-4-3-5-7-14/h3-7,13H,8-12H2,1-2H3. The molecule has 0 spiro atoms. The van der Waals surface area contributed by atoms with Crippen LogP contribution in [-0.2, 0) is 0 Å². The van der Waals surface area contributed by atoms with E-state index in [-0.39, 0.29) is 11.7 Å². The van der Waals surface area contributed by atoms with Gasteiger partial charge in [0.1, 0.15) is 0 Å². The summed E-state index contributed by atoms with van der Waals surface area (Å²) in [6, 6.07) is 9.61. The van der Waals surface area contributed by atoms with Crippen LogP contribution in [0.4, 0.5) is 0 Å². The molecule has 0 amide bonds. The Kier molecular flexibility index (Phi) is 4.50. The number of hydrogen-bond donors (Lipinski definition) is 0. The molecule has 0 aromatic heterocycles. The van der Waals surface area contributed by atoms with Crippen LogP contribution in [-0.4, -0.2) is 55.4 Å². The molecular formula is C15H22N2O. The summed E-state index contributed by atoms with van der Waals surface area (Å²) in [5.74, 6) is 0.338. The number of ketones is 1. The molecule has 0 N–H and O–H groups in total. The Balaban J connectivity index is 1.88. The molecule has 2 rings (SSSR count). The molecule has 3 heteroatoms. The van der Waals surface area contributed by atoms with Crippen molar-refractivity contribution >= 4 is 5.78 Å². The monoisotopic (exact) mass is 246 g/mol. The third-order valence-corrected chi connectivity index (χ3v) is 3.63. The fourth-order valence-electron chi connectivity index (χ4n) is 2.39. The Hall–Kier alpha value is -1.19. The molecule has 1 heterocycles. The number of piperazine rings is 1. The molecule has 1 aromatic carbocycles. The highest BCUT2D eigenvalue weighted by atomic mass is 16.1. The summed E-state index contributed by atoms with van der Waals surface area (Å²) in [6.45, 7) is 7.26. The van der Waals surface area contributed by atoms with Gasteiger partial charge in [-0.1, -0.05) is 37.3 Å². The zero-order valence-electron chi connectivity index (χ0n) is 11.3. The molecule has 0 bridgehead atoms. The number of carbonyl (C=O) groups excluding carboxylic acids is 1. The van der Waals surface area contributed by atoms with Crippen LogP contribution >= 0.6 is 0 Å². The van der Waals surface area contributed by atoms with E-state index in [1.165, 1.54) is 0 Å². The topological polar surface area (TPSA) is 23.6 Å². The maximum atomic E-state index is 12.2. The average molecular weight is 246 g/mol. The van der Waals surface area contributed by atoms with E-state index in [0.717, 1.165) is 38.3 Å². The van der Waals surface area contributed by atoms with Gasteiger partial charge in [0.25, 0.3) is 0 Å². The van der Waals surface area contributed by atoms with Gasteiger partial charge >= 0.3 is 0 Å². The number of rotatable bonds is 4. The smallest absolute Gasteiger partial charge is 0.166 e. The predicted octanol–water partition coefficient (Wildman–Crippen LogP) is 1.75. The largest absolute Gasteiger partial charge is 0.304 e. The van der Waals surface area contributed by atoms with Gasteiger partial charge in [0.05, 0.1) is 0 Å². The van der Waals surface area contributed by atoms with Gasteiger partial charge in [-0.3, -0.25) is 4.79 Å². The van der Waals surface area contributed by atoms with Gasteiger partial charge in [0, 0.05) is 44.2 Å². The van der Waals surface area contributed by atoms with Crippen molar-refractivity contribution in [3.8, 4) is 0 Å². The van der Waals surface area contributed by atoms with Crippen LogP contribution in [0.2, 0.25) is 0 Å². The van der Waals surface area contributed by atoms with Crippen molar-refractivity contribution in [1.82, 2.24) is 9.80 Å². The van der Waals surface area contributed by atoms with Gasteiger partial charge in [-0.15, -0.1) is 0 Å². The summed E-state index contributed by atoms with van der Waals surface area (Å²) < 4.78 is 0. The van der Waals surface area contributed by atoms with E-state index in [2.05, 4.69) is 16.8 Å². The molecule has 1 fully saturated rings. The van der Waals surface area contributed by atoms with Crippen molar-refractivity contribution in [3.63, 3.8) is 0 Å². The Morgan fingerprint density at radius 1 is 1.17 bits per heavy atom. The van der Waals surface area contributed by atoms with Gasteiger partial charge in [-0.2, -0.15) is 0 Å². The van der Waals surface area contributed by atoms with Gasteiger partial charge in [-0.25, -0.2) is 0 Å². The van der Waals surface area contributed by atoms with E-state index in [0.29, 0.717) is 0 Å². The lowest BCUT2D eigenvalue weighted by atomic mass is 9.98. The van der Waals surface area contributed by atoms with E-state index in [1.807, 2.05) is 37.3 Å². The number of hydrogen-bond acceptors (Lipinski definition) is 3. The first-order chi connectivity index (χ1) is 8.66. The molecule has 0 aliphatic carbocycles. The fraction of sp³-hybridized carbons (Fsp3) is 0.533. The van der Waals surface area contributed by atoms with Gasteiger partial charge in [-0.05, 0) is 7.05 Å². The summed E-state index contributed by atoms with van der Waals surface area (Å²) in [5, 5.41) is 0. The van der Waals surface area contributed by atoms with Crippen molar-refractivity contribution in [3.05, 3.63) is 35.9 Å². The minimum atomic E-state index is 0.0795. The molecule has 3 nitrogen and oxygen atoms in total. The molecule has 18 heavy (non-hydrogen) atoms. The second-order valence-corrected chi connectivity index (χ2v) is 5.24. The van der Waals surface area contributed by atoms with Crippen molar-refractivity contribution in [2.24, 2.45) is 5.92 Å². The minimum Gasteiger partial charge on any atom is -0.304 e. The summed E-state index contributed by atoms with van der Waals surface area (Å²) in [7, 11) is 2.15. The Labute approximate surface area is 109 Å². The summed E-state index contributed by atoms with van der Waals surface area (Å²) in [5.41, 5.74) is 0.833. The summed E-state index contributed by atoms with van der Waals surface area (Å²) >= 11 is 0. The summed E-state index contributed by atoms with van der Waals surface area (Å²) in [6.07, 6.45) is 0. The summed E-state index contributed by atoms with van der Waals surface area (Å²) in [4.78, 5) is 17.0. The first-order valence-electron chi connectivity index (χ1n) is 6.67. The van der Waals surface area contributed by atoms with Crippen LogP contribution in [0.1, 0.15) is 17.3 Å². The quantitative estimate of drug-likeness (QED) is 0.756. The third-order valence-electron chi connectivity index (χ3n) is 3.63. The van der Waals surface area contributed by atoms with Crippen LogP contribution in [0.25, 0.3) is 0 Å². The van der Waals surface area contributed by atoms with E-state index in [9.17, 15) is 4.79 Å². The average Bonchev–Trinajstić information content (AvgIpc) is 2.41. The van der Waals surface area contributed by atoms with E-state index in [1.54, 1.807) is 0 Å². The molecule has 98 valence electrons. The van der Waals surface area contributed by atoms with E-state index in [4.69, 9.17) is 0 Å². The third kappa shape index (κ3) is 3.40. The number of Topliss-reactive ketones (excluding diaryl/α,β-unsaturated/α-hetero) is 1. The zero-order valence-corrected chi connectivity index (χ0v) is 11.3. The van der Waals surface area contributed by atoms with Gasteiger partial charge in [0.15, 0.2) is 5.78 Å². The molecule has 1 aliphatic rings. The van der Waals surface area contributed by atoms with E-state index >= 15 is 0 Å². The normalized spacial score (nSPS) is 19.7. The molecular weight excluding hydrogens is 224 g/mol. The second kappa shape index (κ2) is 6.12. The molecule has 1 aromatic rings. The zero-order chi connectivity index (χ0) is 13.0. The predicted molar refractivity (Wildman–Crippen MR) is 73.9 cm³/mol. The first kappa shape index (κ1) is 13.2.